The lowest BCUT2D eigenvalue weighted by atomic mass is 10.0. The molecule has 0 aliphatic rings. The summed E-state index contributed by atoms with van der Waals surface area (Å²) in [5, 5.41) is 10.5. The summed E-state index contributed by atoms with van der Waals surface area (Å²) in [6.07, 6.45) is 39.5. The second-order valence-corrected chi connectivity index (χ2v) is 29.4. The summed E-state index contributed by atoms with van der Waals surface area (Å²) >= 11 is 0. The van der Waals surface area contributed by atoms with Crippen molar-refractivity contribution < 1.29 is 80.2 Å². The van der Waals surface area contributed by atoms with Gasteiger partial charge in [-0.25, -0.2) is 9.13 Å². The van der Waals surface area contributed by atoms with Crippen LogP contribution in [-0.2, 0) is 65.4 Å². The van der Waals surface area contributed by atoms with Gasteiger partial charge in [0, 0.05) is 25.7 Å². The zero-order valence-corrected chi connectivity index (χ0v) is 58.4. The Bertz CT molecular complexity index is 1730. The maximum absolute atomic E-state index is 13.0. The van der Waals surface area contributed by atoms with Crippen molar-refractivity contribution in [2.75, 3.05) is 39.6 Å². The van der Waals surface area contributed by atoms with Gasteiger partial charge in [-0.05, 0) is 49.4 Å². The van der Waals surface area contributed by atoms with Gasteiger partial charge in [0.2, 0.25) is 0 Å². The Morgan fingerprint density at radius 3 is 0.713 bits per heavy atom. The zero-order chi connectivity index (χ0) is 64.7. The highest BCUT2D eigenvalue weighted by Crippen LogP contribution is 2.45. The molecule has 0 radical (unpaired) electrons. The third-order valence-corrected chi connectivity index (χ3v) is 17.5. The van der Waals surface area contributed by atoms with Crippen LogP contribution in [0.4, 0.5) is 0 Å². The number of phosphoric ester groups is 2. The fraction of sp³-hybridized carbons (Fsp3) is 0.941. The first-order valence-corrected chi connectivity index (χ1v) is 38.2. The molecule has 2 unspecified atom stereocenters. The summed E-state index contributed by atoms with van der Waals surface area (Å²) in [5.41, 5.74) is 0. The molecule has 0 saturated carbocycles. The second kappa shape index (κ2) is 57.9. The Morgan fingerprint density at radius 1 is 0.287 bits per heavy atom. The van der Waals surface area contributed by atoms with Crippen molar-refractivity contribution in [3.63, 3.8) is 0 Å². The van der Waals surface area contributed by atoms with Gasteiger partial charge in [0.1, 0.15) is 19.3 Å². The molecule has 0 aromatic carbocycles. The van der Waals surface area contributed by atoms with Crippen LogP contribution in [0.3, 0.4) is 0 Å². The third-order valence-electron chi connectivity index (χ3n) is 15.6. The van der Waals surface area contributed by atoms with Crippen LogP contribution in [0, 0.1) is 23.7 Å². The van der Waals surface area contributed by atoms with E-state index >= 15 is 0 Å². The molecule has 0 rings (SSSR count). The average Bonchev–Trinajstić information content (AvgIpc) is 3.64. The van der Waals surface area contributed by atoms with Gasteiger partial charge >= 0.3 is 39.5 Å². The van der Waals surface area contributed by atoms with Crippen LogP contribution < -0.4 is 0 Å². The number of phosphoric acid groups is 2. The zero-order valence-electron chi connectivity index (χ0n) is 56.6. The Labute approximate surface area is 530 Å². The van der Waals surface area contributed by atoms with Crippen LogP contribution in [0.15, 0.2) is 0 Å². The quantitative estimate of drug-likeness (QED) is 0.0222. The molecule has 0 fully saturated rings. The lowest BCUT2D eigenvalue weighted by Crippen LogP contribution is -2.30. The Balaban J connectivity index is 5.17. The van der Waals surface area contributed by atoms with Crippen molar-refractivity contribution in [3.8, 4) is 0 Å². The summed E-state index contributed by atoms with van der Waals surface area (Å²) in [5.74, 6) is 0.723. The van der Waals surface area contributed by atoms with E-state index in [-0.39, 0.29) is 25.7 Å². The summed E-state index contributed by atoms with van der Waals surface area (Å²) in [6.45, 7) is 13.9. The minimum absolute atomic E-state index is 0.100. The molecule has 0 heterocycles. The number of unbranched alkanes of at least 4 members (excludes halogenated alkanes) is 31. The van der Waals surface area contributed by atoms with E-state index < -0.39 is 97.5 Å². The molecule has 0 spiro atoms. The Hall–Kier alpha value is -1.94. The number of esters is 4. The summed E-state index contributed by atoms with van der Waals surface area (Å²) < 4.78 is 68.1. The highest BCUT2D eigenvalue weighted by molar-refractivity contribution is 7.47. The summed E-state index contributed by atoms with van der Waals surface area (Å²) in [4.78, 5) is 72.3. The molecule has 19 heteroatoms. The van der Waals surface area contributed by atoms with E-state index in [1.54, 1.807) is 0 Å². The van der Waals surface area contributed by atoms with Crippen molar-refractivity contribution >= 4 is 39.5 Å². The molecule has 0 amide bonds. The molecule has 516 valence electrons. The van der Waals surface area contributed by atoms with Gasteiger partial charge in [-0.1, -0.05) is 280 Å². The lowest BCUT2D eigenvalue weighted by Gasteiger charge is -2.21. The fourth-order valence-electron chi connectivity index (χ4n) is 10.1. The van der Waals surface area contributed by atoms with Gasteiger partial charge in [0.25, 0.3) is 0 Å². The molecule has 3 N–H and O–H groups in total. The molecule has 5 atom stereocenters. The molecule has 0 aromatic heterocycles. The first-order valence-electron chi connectivity index (χ1n) is 35.2. The van der Waals surface area contributed by atoms with E-state index in [0.717, 1.165) is 109 Å². The van der Waals surface area contributed by atoms with Crippen molar-refractivity contribution in [2.24, 2.45) is 23.7 Å². The maximum atomic E-state index is 13.0. The fourth-order valence-corrected chi connectivity index (χ4v) is 11.7. The molecule has 0 saturated heterocycles. The van der Waals surface area contributed by atoms with Gasteiger partial charge in [-0.15, -0.1) is 0 Å². The predicted molar refractivity (Wildman–Crippen MR) is 349 cm³/mol. The van der Waals surface area contributed by atoms with E-state index in [1.807, 2.05) is 0 Å². The van der Waals surface area contributed by atoms with Crippen molar-refractivity contribution in [1.29, 1.82) is 0 Å². The minimum atomic E-state index is -4.95. The molecule has 0 aromatic rings. The third kappa shape index (κ3) is 62.6. The lowest BCUT2D eigenvalue weighted by molar-refractivity contribution is -0.161. The van der Waals surface area contributed by atoms with Gasteiger partial charge < -0.3 is 33.8 Å². The van der Waals surface area contributed by atoms with Gasteiger partial charge in [-0.2, -0.15) is 0 Å². The normalized spacial score (nSPS) is 14.3. The highest BCUT2D eigenvalue weighted by atomic mass is 31.2. The smallest absolute Gasteiger partial charge is 0.462 e. The van der Waals surface area contributed by atoms with Crippen molar-refractivity contribution in [3.05, 3.63) is 0 Å². The van der Waals surface area contributed by atoms with Crippen molar-refractivity contribution in [1.82, 2.24) is 0 Å². The van der Waals surface area contributed by atoms with E-state index in [4.69, 9.17) is 37.0 Å². The van der Waals surface area contributed by atoms with Crippen LogP contribution >= 0.6 is 15.6 Å². The monoisotopic (exact) mass is 1280 g/mol. The Kier molecular flexibility index (Phi) is 56.6. The number of rotatable bonds is 65. The first-order chi connectivity index (χ1) is 41.6. The number of carbonyl (C=O) groups excluding carboxylic acids is 4. The molecule has 0 aliphatic heterocycles. The predicted octanol–water partition coefficient (Wildman–Crippen LogP) is 18.9. The summed E-state index contributed by atoms with van der Waals surface area (Å²) in [6, 6.07) is 0. The van der Waals surface area contributed by atoms with E-state index in [9.17, 15) is 43.2 Å². The van der Waals surface area contributed by atoms with Crippen LogP contribution in [0.2, 0.25) is 0 Å². The van der Waals surface area contributed by atoms with Gasteiger partial charge in [0.05, 0.1) is 26.4 Å². The molecule has 87 heavy (non-hydrogen) atoms. The van der Waals surface area contributed by atoms with Gasteiger partial charge in [0.15, 0.2) is 12.2 Å². The van der Waals surface area contributed by atoms with Crippen LogP contribution in [-0.4, -0.2) is 96.7 Å². The SMILES string of the molecule is CC(C)CCCCCCCCCCCCCCCCCCC(=O)O[C@H](COC(=O)CCCCCCCCCC(C)C)COP(=O)(O)OC[C@@H](O)COP(=O)(O)OC[C@@H](COC(=O)CCCCCCCCC(C)C)OC(=O)CCCCCCCCC(C)C. The van der Waals surface area contributed by atoms with E-state index in [2.05, 4.69) is 55.4 Å². The highest BCUT2D eigenvalue weighted by Gasteiger charge is 2.30. The van der Waals surface area contributed by atoms with Crippen LogP contribution in [0.5, 0.6) is 0 Å². The number of hydrogen-bond acceptors (Lipinski definition) is 15. The van der Waals surface area contributed by atoms with Gasteiger partial charge in [-0.3, -0.25) is 37.3 Å². The second-order valence-electron chi connectivity index (χ2n) is 26.5. The van der Waals surface area contributed by atoms with E-state index in [1.165, 1.54) is 122 Å². The Morgan fingerprint density at radius 2 is 0.483 bits per heavy atom. The maximum Gasteiger partial charge on any atom is 0.472 e. The van der Waals surface area contributed by atoms with Crippen LogP contribution in [0.25, 0.3) is 0 Å². The summed E-state index contributed by atoms with van der Waals surface area (Å²) in [7, 11) is -9.89. The molecule has 17 nitrogen and oxygen atoms in total. The standard InChI is InChI=1S/C68H132O17P2/c1-58(2)44-36-28-20-17-15-13-11-9-10-12-14-16-18-22-34-42-50-67(72)84-63(54-78-65(70)48-40-32-23-19-21-29-37-45-59(3)4)56-82-86(74,75)80-52-62(69)53-81-87(76,77)83-57-64(85-68(73)51-43-35-27-25-31-39-47-61(7)8)55-79-66(71)49-41-33-26-24-30-38-46-60(5)6/h58-64,69H,9-57H2,1-8H3,(H,74,75)(H,76,77)/t62-,63-,64-/m1/s1. The molecular formula is C68H132O17P2. The number of carbonyl (C=O) groups is 4. The van der Waals surface area contributed by atoms with Crippen LogP contribution in [0.1, 0.15) is 331 Å². The number of aliphatic hydroxyl groups is 1. The number of ether oxygens (including phenoxy) is 4. The average molecular weight is 1280 g/mol. The first kappa shape index (κ1) is 85.1. The topological polar surface area (TPSA) is 237 Å². The largest absolute Gasteiger partial charge is 0.472 e. The number of aliphatic hydroxyl groups excluding tert-OH is 1. The molecule has 0 aliphatic carbocycles. The van der Waals surface area contributed by atoms with Crippen molar-refractivity contribution in [2.45, 2.75) is 350 Å². The molecular weight excluding hydrogens is 1150 g/mol. The number of hydrogen-bond donors (Lipinski definition) is 3. The van der Waals surface area contributed by atoms with E-state index in [0.29, 0.717) is 43.4 Å². The molecule has 0 bridgehead atoms. The minimum Gasteiger partial charge on any atom is -0.462 e.